The van der Waals surface area contributed by atoms with E-state index in [4.69, 9.17) is 51.1 Å². The van der Waals surface area contributed by atoms with Crippen LogP contribution < -0.4 is 0 Å². The Kier molecular flexibility index (Phi) is 6.81. The van der Waals surface area contributed by atoms with Gasteiger partial charge in [-0.25, -0.2) is 4.79 Å². The normalized spacial score (nSPS) is 18.2. The maximum Gasteiger partial charge on any atom is 0.414 e. The third-order valence-corrected chi connectivity index (χ3v) is 6.92. The zero-order valence-corrected chi connectivity index (χ0v) is 20.5. The van der Waals surface area contributed by atoms with E-state index in [9.17, 15) is 4.79 Å². The Balaban J connectivity index is 1.58. The number of nitrogens with zero attached hydrogens (tertiary/aromatic N) is 2. The molecule has 0 atom stereocenters. The number of halogens is 4. The van der Waals surface area contributed by atoms with Gasteiger partial charge in [0.15, 0.2) is 5.60 Å². The van der Waals surface area contributed by atoms with Crippen LogP contribution in [0.5, 0.6) is 0 Å². The lowest BCUT2D eigenvalue weighted by Gasteiger charge is -2.37. The fourth-order valence-corrected chi connectivity index (χ4v) is 5.29. The summed E-state index contributed by atoms with van der Waals surface area (Å²) in [6.45, 7) is 6.31. The van der Waals surface area contributed by atoms with Crippen LogP contribution in [0.3, 0.4) is 0 Å². The molecule has 1 amide bonds. The van der Waals surface area contributed by atoms with Crippen molar-refractivity contribution in [1.82, 2.24) is 9.80 Å². The molecule has 32 heavy (non-hydrogen) atoms. The second-order valence-electron chi connectivity index (χ2n) is 8.10. The van der Waals surface area contributed by atoms with Crippen molar-refractivity contribution in [1.29, 1.82) is 0 Å². The lowest BCUT2D eigenvalue weighted by atomic mass is 9.88. The number of likely N-dealkylation sites (tertiary alicyclic amines) is 1. The summed E-state index contributed by atoms with van der Waals surface area (Å²) >= 11 is 25.1. The summed E-state index contributed by atoms with van der Waals surface area (Å²) < 4.78 is 5.67. The maximum atomic E-state index is 12.0. The van der Waals surface area contributed by atoms with Gasteiger partial charge in [0, 0.05) is 59.6 Å². The van der Waals surface area contributed by atoms with Gasteiger partial charge in [0.25, 0.3) is 0 Å². The van der Waals surface area contributed by atoms with Crippen LogP contribution in [0.1, 0.15) is 24.0 Å². The molecule has 4 nitrogen and oxygen atoms in total. The van der Waals surface area contributed by atoms with E-state index < -0.39 is 5.60 Å². The highest BCUT2D eigenvalue weighted by Gasteiger charge is 2.48. The van der Waals surface area contributed by atoms with Crippen LogP contribution in [0, 0.1) is 0 Å². The maximum absolute atomic E-state index is 12.0. The van der Waals surface area contributed by atoms with Crippen molar-refractivity contribution in [2.45, 2.75) is 18.4 Å². The van der Waals surface area contributed by atoms with Crippen molar-refractivity contribution >= 4 is 58.1 Å². The number of rotatable bonds is 4. The van der Waals surface area contributed by atoms with Crippen molar-refractivity contribution in [2.75, 3.05) is 26.7 Å². The van der Waals surface area contributed by atoms with Gasteiger partial charge in [0.2, 0.25) is 0 Å². The minimum Gasteiger partial charge on any atom is -0.436 e. The molecule has 2 saturated heterocycles. The molecule has 1 spiro atoms. The molecule has 0 radical (unpaired) electrons. The number of ether oxygens (including phenoxy) is 1. The van der Waals surface area contributed by atoms with E-state index in [1.807, 2.05) is 24.3 Å². The van der Waals surface area contributed by atoms with Gasteiger partial charge in [-0.05, 0) is 53.1 Å². The third-order valence-electron chi connectivity index (χ3n) is 6.05. The number of likely N-dealkylation sites (N-methyl/N-ethyl adjacent to an activating group) is 1. The van der Waals surface area contributed by atoms with Gasteiger partial charge in [-0.3, -0.25) is 9.80 Å². The lowest BCUT2D eigenvalue weighted by Crippen LogP contribution is -2.45. The Labute approximate surface area is 207 Å². The molecular formula is C24H22Cl4N2O2. The standard InChI is InChI=1S/C24H22Cl4N2O2/c1-15-24(32-23(31)29(15)2)4-7-30(8-5-24)6-3-22(16-9-18(25)13-19(26)10-16)17-11-20(27)14-21(28)12-17/h3,9-14H,1,4-8H2,2H3. The molecule has 2 aromatic carbocycles. The highest BCUT2D eigenvalue weighted by atomic mass is 35.5. The van der Waals surface area contributed by atoms with E-state index in [0.29, 0.717) is 39.5 Å². The molecule has 2 heterocycles. The highest BCUT2D eigenvalue weighted by Crippen LogP contribution is 2.40. The van der Waals surface area contributed by atoms with Crippen LogP contribution >= 0.6 is 46.4 Å². The summed E-state index contributed by atoms with van der Waals surface area (Å²) in [6.07, 6.45) is 3.21. The van der Waals surface area contributed by atoms with Crippen LogP contribution in [0.2, 0.25) is 20.1 Å². The van der Waals surface area contributed by atoms with Crippen LogP contribution in [0.15, 0.2) is 54.8 Å². The third kappa shape index (κ3) is 4.80. The minimum absolute atomic E-state index is 0.332. The van der Waals surface area contributed by atoms with E-state index in [1.165, 1.54) is 4.90 Å². The summed E-state index contributed by atoms with van der Waals surface area (Å²) in [7, 11) is 1.70. The number of carbonyl (C=O) groups is 1. The summed E-state index contributed by atoms with van der Waals surface area (Å²) in [4.78, 5) is 15.8. The molecule has 0 saturated carbocycles. The fraction of sp³-hybridized carbons (Fsp3) is 0.292. The topological polar surface area (TPSA) is 32.8 Å². The Morgan fingerprint density at radius 2 is 1.44 bits per heavy atom. The van der Waals surface area contributed by atoms with E-state index >= 15 is 0 Å². The zero-order chi connectivity index (χ0) is 23.0. The predicted molar refractivity (Wildman–Crippen MR) is 132 cm³/mol. The van der Waals surface area contributed by atoms with Crippen molar-refractivity contribution < 1.29 is 9.53 Å². The van der Waals surface area contributed by atoms with Crippen molar-refractivity contribution in [3.05, 3.63) is 86.0 Å². The summed E-state index contributed by atoms with van der Waals surface area (Å²) in [5.74, 6) is 0. The zero-order valence-electron chi connectivity index (χ0n) is 17.5. The Morgan fingerprint density at radius 3 is 1.84 bits per heavy atom. The van der Waals surface area contributed by atoms with Gasteiger partial charge in [0.05, 0.1) is 5.70 Å². The van der Waals surface area contributed by atoms with Crippen LogP contribution in [0.25, 0.3) is 5.57 Å². The summed E-state index contributed by atoms with van der Waals surface area (Å²) in [5.41, 5.74) is 2.86. The van der Waals surface area contributed by atoms with Gasteiger partial charge in [-0.1, -0.05) is 59.1 Å². The Morgan fingerprint density at radius 1 is 0.969 bits per heavy atom. The molecule has 8 heteroatoms. The second kappa shape index (κ2) is 9.28. The quantitative estimate of drug-likeness (QED) is 0.436. The van der Waals surface area contributed by atoms with Crippen LogP contribution in [-0.2, 0) is 4.74 Å². The van der Waals surface area contributed by atoms with E-state index in [-0.39, 0.29) is 6.09 Å². The first kappa shape index (κ1) is 23.5. The smallest absolute Gasteiger partial charge is 0.414 e. The Hall–Kier alpha value is -1.69. The lowest BCUT2D eigenvalue weighted by molar-refractivity contribution is 0.0176. The molecule has 0 aliphatic carbocycles. The number of benzene rings is 2. The van der Waals surface area contributed by atoms with Gasteiger partial charge >= 0.3 is 6.09 Å². The average Bonchev–Trinajstić information content (AvgIpc) is 2.92. The first-order valence-electron chi connectivity index (χ1n) is 10.2. The SMILES string of the molecule is C=C1N(C)C(=O)OC12CCN(CC=C(c1cc(Cl)cc(Cl)c1)c1cc(Cl)cc(Cl)c1)CC2. The summed E-state index contributed by atoms with van der Waals surface area (Å²) in [6, 6.07) is 10.9. The van der Waals surface area contributed by atoms with Crippen molar-refractivity contribution in [3.63, 3.8) is 0 Å². The average molecular weight is 512 g/mol. The number of amides is 1. The second-order valence-corrected chi connectivity index (χ2v) is 9.85. The predicted octanol–water partition coefficient (Wildman–Crippen LogP) is 7.16. The molecule has 0 bridgehead atoms. The molecule has 2 fully saturated rings. The molecule has 0 N–H and O–H groups in total. The molecule has 4 rings (SSSR count). The van der Waals surface area contributed by atoms with Gasteiger partial charge in [-0.2, -0.15) is 0 Å². The number of hydrogen-bond donors (Lipinski definition) is 0. The largest absolute Gasteiger partial charge is 0.436 e. The first-order chi connectivity index (χ1) is 15.2. The molecule has 2 aromatic rings. The van der Waals surface area contributed by atoms with Gasteiger partial charge in [-0.15, -0.1) is 0 Å². The van der Waals surface area contributed by atoms with E-state index in [1.54, 1.807) is 19.2 Å². The number of carbonyl (C=O) groups excluding carboxylic acids is 1. The summed E-state index contributed by atoms with van der Waals surface area (Å²) in [5, 5.41) is 2.21. The molecular weight excluding hydrogens is 490 g/mol. The van der Waals surface area contributed by atoms with Crippen molar-refractivity contribution in [3.8, 4) is 0 Å². The van der Waals surface area contributed by atoms with E-state index in [2.05, 4.69) is 17.6 Å². The molecule has 2 aliphatic rings. The van der Waals surface area contributed by atoms with Crippen molar-refractivity contribution in [2.24, 2.45) is 0 Å². The minimum atomic E-state index is -0.587. The van der Waals surface area contributed by atoms with Crippen LogP contribution in [-0.4, -0.2) is 48.2 Å². The molecule has 0 aromatic heterocycles. The van der Waals surface area contributed by atoms with E-state index in [0.717, 1.165) is 35.5 Å². The van der Waals surface area contributed by atoms with Gasteiger partial charge < -0.3 is 4.74 Å². The number of hydrogen-bond acceptors (Lipinski definition) is 3. The molecule has 2 aliphatic heterocycles. The molecule has 168 valence electrons. The molecule has 0 unspecified atom stereocenters. The first-order valence-corrected chi connectivity index (χ1v) is 11.7. The monoisotopic (exact) mass is 510 g/mol. The highest BCUT2D eigenvalue weighted by molar-refractivity contribution is 6.35. The van der Waals surface area contributed by atoms with Crippen LogP contribution in [0.4, 0.5) is 4.79 Å². The Bertz CT molecular complexity index is 1010. The number of piperidine rings is 1. The van der Waals surface area contributed by atoms with Gasteiger partial charge in [0.1, 0.15) is 0 Å². The fourth-order valence-electron chi connectivity index (χ4n) is 4.24.